The van der Waals surface area contributed by atoms with Crippen LogP contribution in [0.25, 0.3) is 0 Å². The number of hydrazone groups is 1. The van der Waals surface area contributed by atoms with Crippen molar-refractivity contribution >= 4 is 33.7 Å². The number of halogens is 1. The summed E-state index contributed by atoms with van der Waals surface area (Å²) in [6, 6.07) is 24.7. The predicted octanol–water partition coefficient (Wildman–Crippen LogP) is 4.98. The van der Waals surface area contributed by atoms with Gasteiger partial charge in [-0.05, 0) is 48.9 Å². The van der Waals surface area contributed by atoms with Gasteiger partial charge in [0.2, 0.25) is 0 Å². The van der Waals surface area contributed by atoms with E-state index in [9.17, 15) is 4.79 Å². The van der Waals surface area contributed by atoms with Crippen molar-refractivity contribution in [2.75, 3.05) is 5.32 Å². The fraction of sp³-hybridized carbons (Fsp3) is 0.130. The molecule has 2 N–H and O–H groups in total. The largest absolute Gasteiger partial charge is 0.488 e. The molecule has 0 aliphatic rings. The summed E-state index contributed by atoms with van der Waals surface area (Å²) in [5.41, 5.74) is 5.30. The molecular weight excluding hydrogens is 430 g/mol. The van der Waals surface area contributed by atoms with Gasteiger partial charge in [-0.15, -0.1) is 0 Å². The van der Waals surface area contributed by atoms with Crippen molar-refractivity contribution < 1.29 is 9.53 Å². The van der Waals surface area contributed by atoms with Gasteiger partial charge >= 0.3 is 0 Å². The maximum absolute atomic E-state index is 12.3. The number of nitrogens with one attached hydrogen (secondary N) is 2. The number of anilines is 1. The van der Waals surface area contributed by atoms with E-state index in [1.165, 1.54) is 0 Å². The number of carbonyl (C=O) groups is 1. The van der Waals surface area contributed by atoms with Crippen LogP contribution in [0.1, 0.15) is 18.1 Å². The molecule has 3 aromatic rings. The lowest BCUT2D eigenvalue weighted by atomic mass is 10.2. The highest BCUT2D eigenvalue weighted by Crippen LogP contribution is 2.18. The van der Waals surface area contributed by atoms with Gasteiger partial charge in [0, 0.05) is 15.7 Å². The minimum atomic E-state index is -0.433. The first-order valence-corrected chi connectivity index (χ1v) is 10.0. The van der Waals surface area contributed by atoms with E-state index in [0.717, 1.165) is 21.3 Å². The monoisotopic (exact) mass is 451 g/mol. The molecule has 0 aromatic heterocycles. The zero-order valence-corrected chi connectivity index (χ0v) is 17.6. The molecule has 0 fully saturated rings. The fourth-order valence-corrected chi connectivity index (χ4v) is 2.84. The first kappa shape index (κ1) is 20.6. The number of benzene rings is 3. The molecule has 0 heterocycles. The SMILES string of the molecule is C[C@H](Nc1ccc(Br)cc1)C(=O)N/N=C\c1ccccc1OCc1ccccc1. The van der Waals surface area contributed by atoms with Crippen molar-refractivity contribution in [1.29, 1.82) is 0 Å². The lowest BCUT2D eigenvalue weighted by Crippen LogP contribution is -2.34. The molecule has 0 unspecified atom stereocenters. The zero-order chi connectivity index (χ0) is 20.5. The van der Waals surface area contributed by atoms with Gasteiger partial charge in [0.05, 0.1) is 6.21 Å². The quantitative estimate of drug-likeness (QED) is 0.375. The van der Waals surface area contributed by atoms with Crippen LogP contribution in [-0.2, 0) is 11.4 Å². The van der Waals surface area contributed by atoms with Gasteiger partial charge in [-0.25, -0.2) is 5.43 Å². The van der Waals surface area contributed by atoms with E-state index in [1.807, 2.05) is 78.9 Å². The first-order valence-electron chi connectivity index (χ1n) is 9.22. The summed E-state index contributed by atoms with van der Waals surface area (Å²) in [6.07, 6.45) is 1.59. The van der Waals surface area contributed by atoms with Crippen LogP contribution in [0.4, 0.5) is 5.69 Å². The Bertz CT molecular complexity index is 959. The van der Waals surface area contributed by atoms with Gasteiger partial charge in [-0.3, -0.25) is 4.79 Å². The Hall–Kier alpha value is -3.12. The molecule has 6 heteroatoms. The fourth-order valence-electron chi connectivity index (χ4n) is 2.58. The van der Waals surface area contributed by atoms with Crippen molar-refractivity contribution in [3.05, 3.63) is 94.5 Å². The van der Waals surface area contributed by atoms with Gasteiger partial charge in [0.1, 0.15) is 18.4 Å². The third kappa shape index (κ3) is 6.47. The summed E-state index contributed by atoms with van der Waals surface area (Å²) >= 11 is 3.39. The second-order valence-electron chi connectivity index (χ2n) is 6.42. The molecule has 0 spiro atoms. The van der Waals surface area contributed by atoms with E-state index in [-0.39, 0.29) is 5.91 Å². The molecule has 0 aliphatic carbocycles. The Morgan fingerprint density at radius 1 is 1.03 bits per heavy atom. The van der Waals surface area contributed by atoms with Crippen molar-refractivity contribution in [1.82, 2.24) is 5.43 Å². The van der Waals surface area contributed by atoms with E-state index in [2.05, 4.69) is 31.8 Å². The van der Waals surface area contributed by atoms with E-state index in [1.54, 1.807) is 13.1 Å². The van der Waals surface area contributed by atoms with Crippen LogP contribution in [0.2, 0.25) is 0 Å². The van der Waals surface area contributed by atoms with Gasteiger partial charge in [-0.1, -0.05) is 58.4 Å². The number of hydrogen-bond acceptors (Lipinski definition) is 4. The van der Waals surface area contributed by atoms with E-state index in [4.69, 9.17) is 4.74 Å². The van der Waals surface area contributed by atoms with Crippen LogP contribution in [0.3, 0.4) is 0 Å². The summed E-state index contributed by atoms with van der Waals surface area (Å²) < 4.78 is 6.88. The van der Waals surface area contributed by atoms with E-state index < -0.39 is 6.04 Å². The molecule has 0 saturated heterocycles. The second kappa shape index (κ2) is 10.4. The van der Waals surface area contributed by atoms with Crippen LogP contribution in [-0.4, -0.2) is 18.2 Å². The maximum atomic E-state index is 12.3. The maximum Gasteiger partial charge on any atom is 0.262 e. The molecule has 0 radical (unpaired) electrons. The van der Waals surface area contributed by atoms with Gasteiger partial charge in [-0.2, -0.15) is 5.10 Å². The topological polar surface area (TPSA) is 62.7 Å². The number of carbonyl (C=O) groups excluding carboxylic acids is 1. The number of hydrogen-bond donors (Lipinski definition) is 2. The van der Waals surface area contributed by atoms with Crippen LogP contribution in [0, 0.1) is 0 Å². The molecular formula is C23H22BrN3O2. The number of para-hydroxylation sites is 1. The van der Waals surface area contributed by atoms with Crippen LogP contribution < -0.4 is 15.5 Å². The van der Waals surface area contributed by atoms with Crippen molar-refractivity contribution in [2.24, 2.45) is 5.10 Å². The molecule has 29 heavy (non-hydrogen) atoms. The molecule has 1 amide bonds. The Balaban J connectivity index is 1.55. The Labute approximate surface area is 178 Å². The van der Waals surface area contributed by atoms with Gasteiger partial charge in [0.15, 0.2) is 0 Å². The molecule has 0 bridgehead atoms. The lowest BCUT2D eigenvalue weighted by molar-refractivity contribution is -0.121. The third-order valence-electron chi connectivity index (χ3n) is 4.16. The normalized spacial score (nSPS) is 11.8. The third-order valence-corrected chi connectivity index (χ3v) is 4.68. The molecule has 0 saturated carbocycles. The summed E-state index contributed by atoms with van der Waals surface area (Å²) in [6.45, 7) is 2.25. The van der Waals surface area contributed by atoms with E-state index >= 15 is 0 Å². The first-order chi connectivity index (χ1) is 14.1. The van der Waals surface area contributed by atoms with E-state index in [0.29, 0.717) is 12.4 Å². The standard InChI is InChI=1S/C23H22BrN3O2/c1-17(26-21-13-11-20(24)12-14-21)23(28)27-25-15-19-9-5-6-10-22(19)29-16-18-7-3-2-4-8-18/h2-15,17,26H,16H2,1H3,(H,27,28)/b25-15-/t17-/m0/s1. The predicted molar refractivity (Wildman–Crippen MR) is 120 cm³/mol. The number of nitrogens with zero attached hydrogens (tertiary/aromatic N) is 1. The molecule has 0 aliphatic heterocycles. The molecule has 148 valence electrons. The Morgan fingerprint density at radius 3 is 2.48 bits per heavy atom. The summed E-state index contributed by atoms with van der Waals surface area (Å²) in [5, 5.41) is 7.22. The van der Waals surface area contributed by atoms with Gasteiger partial charge in [0.25, 0.3) is 5.91 Å². The second-order valence-corrected chi connectivity index (χ2v) is 7.33. The highest BCUT2D eigenvalue weighted by molar-refractivity contribution is 9.10. The number of amides is 1. The van der Waals surface area contributed by atoms with Crippen LogP contribution >= 0.6 is 15.9 Å². The Kier molecular flexibility index (Phi) is 7.41. The minimum absolute atomic E-state index is 0.230. The molecule has 3 aromatic carbocycles. The summed E-state index contributed by atoms with van der Waals surface area (Å²) in [7, 11) is 0. The lowest BCUT2D eigenvalue weighted by Gasteiger charge is -2.13. The highest BCUT2D eigenvalue weighted by Gasteiger charge is 2.11. The smallest absolute Gasteiger partial charge is 0.262 e. The molecule has 1 atom stereocenters. The minimum Gasteiger partial charge on any atom is -0.488 e. The molecule has 3 rings (SSSR count). The van der Waals surface area contributed by atoms with Gasteiger partial charge < -0.3 is 10.1 Å². The number of ether oxygens (including phenoxy) is 1. The van der Waals surface area contributed by atoms with Crippen molar-refractivity contribution in [2.45, 2.75) is 19.6 Å². The highest BCUT2D eigenvalue weighted by atomic mass is 79.9. The average molecular weight is 452 g/mol. The average Bonchev–Trinajstić information content (AvgIpc) is 2.75. The van der Waals surface area contributed by atoms with Crippen molar-refractivity contribution in [3.63, 3.8) is 0 Å². The Morgan fingerprint density at radius 2 is 1.72 bits per heavy atom. The zero-order valence-electron chi connectivity index (χ0n) is 16.0. The van der Waals surface area contributed by atoms with Crippen LogP contribution in [0.5, 0.6) is 5.75 Å². The summed E-state index contributed by atoms with van der Waals surface area (Å²) in [4.78, 5) is 12.3. The summed E-state index contributed by atoms with van der Waals surface area (Å²) in [5.74, 6) is 0.474. The van der Waals surface area contributed by atoms with Crippen molar-refractivity contribution in [3.8, 4) is 5.75 Å². The number of rotatable bonds is 8. The molecule has 5 nitrogen and oxygen atoms in total. The van der Waals surface area contributed by atoms with Crippen LogP contribution in [0.15, 0.2) is 88.4 Å².